The Morgan fingerprint density at radius 2 is 2.10 bits per heavy atom. The Bertz CT molecular complexity index is 166. The van der Waals surface area contributed by atoms with E-state index in [4.69, 9.17) is 5.11 Å². The van der Waals surface area contributed by atoms with Crippen LogP contribution in [-0.4, -0.2) is 18.3 Å². The number of allylic oxidation sites excluding steroid dienone is 5. The molecule has 2 heteroatoms. The van der Waals surface area contributed by atoms with Crippen molar-refractivity contribution in [2.24, 2.45) is 0 Å². The maximum absolute atomic E-state index is 8.41. The Hall–Kier alpha value is -1.02. The molecule has 0 aromatic heterocycles. The van der Waals surface area contributed by atoms with E-state index >= 15 is 0 Å². The summed E-state index contributed by atoms with van der Waals surface area (Å²) in [5.74, 6) is 0. The third-order valence-electron chi connectivity index (χ3n) is 1.21. The first-order valence-electron chi connectivity index (χ1n) is 3.32. The first-order valence-corrected chi connectivity index (χ1v) is 3.32. The molecule has 0 unspecified atom stereocenters. The Labute approximate surface area is 60.6 Å². The third kappa shape index (κ3) is 2.07. The molecule has 0 amide bonds. The zero-order valence-corrected chi connectivity index (χ0v) is 5.75. The van der Waals surface area contributed by atoms with Gasteiger partial charge >= 0.3 is 0 Å². The van der Waals surface area contributed by atoms with E-state index < -0.39 is 0 Å². The predicted molar refractivity (Wildman–Crippen MR) is 41.5 cm³/mol. The number of rotatable bonds is 3. The van der Waals surface area contributed by atoms with Gasteiger partial charge in [-0.1, -0.05) is 24.3 Å². The topological polar surface area (TPSA) is 32.3 Å². The van der Waals surface area contributed by atoms with Crippen LogP contribution in [0.4, 0.5) is 0 Å². The van der Waals surface area contributed by atoms with Gasteiger partial charge in [0.2, 0.25) is 0 Å². The fraction of sp³-hybridized carbons (Fsp3) is 0.250. The lowest BCUT2D eigenvalue weighted by molar-refractivity contribution is 0.298. The van der Waals surface area contributed by atoms with Gasteiger partial charge in [-0.2, -0.15) is 0 Å². The van der Waals surface area contributed by atoms with Crippen LogP contribution in [0.3, 0.4) is 0 Å². The molecule has 0 atom stereocenters. The smallest absolute Gasteiger partial charge is 0.0603 e. The second-order valence-corrected chi connectivity index (χ2v) is 2.04. The van der Waals surface area contributed by atoms with Crippen molar-refractivity contribution in [2.45, 2.75) is 0 Å². The van der Waals surface area contributed by atoms with Crippen LogP contribution in [0, 0.1) is 0 Å². The lowest BCUT2D eigenvalue weighted by Gasteiger charge is -1.95. The van der Waals surface area contributed by atoms with Crippen molar-refractivity contribution in [3.63, 3.8) is 0 Å². The minimum atomic E-state index is 0.178. The maximum Gasteiger partial charge on any atom is 0.0603 e. The normalized spacial score (nSPS) is 14.3. The quantitative estimate of drug-likeness (QED) is 0.558. The summed E-state index contributed by atoms with van der Waals surface area (Å²) in [7, 11) is 0. The molecule has 0 fully saturated rings. The lowest BCUT2D eigenvalue weighted by Crippen LogP contribution is -2.10. The van der Waals surface area contributed by atoms with Crippen LogP contribution in [0.5, 0.6) is 0 Å². The van der Waals surface area contributed by atoms with Crippen molar-refractivity contribution in [1.82, 2.24) is 5.32 Å². The van der Waals surface area contributed by atoms with Crippen molar-refractivity contribution in [1.29, 1.82) is 0 Å². The lowest BCUT2D eigenvalue weighted by atomic mass is 10.3. The van der Waals surface area contributed by atoms with E-state index in [9.17, 15) is 0 Å². The molecule has 54 valence electrons. The van der Waals surface area contributed by atoms with Crippen molar-refractivity contribution in [2.75, 3.05) is 13.2 Å². The molecule has 1 aliphatic rings. The molecule has 0 saturated carbocycles. The van der Waals surface area contributed by atoms with Gasteiger partial charge in [-0.25, -0.2) is 0 Å². The van der Waals surface area contributed by atoms with Crippen LogP contribution in [0.25, 0.3) is 0 Å². The average molecular weight is 137 g/mol. The van der Waals surface area contributed by atoms with Crippen LogP contribution >= 0.6 is 0 Å². The molecule has 10 heavy (non-hydrogen) atoms. The van der Waals surface area contributed by atoms with Crippen molar-refractivity contribution in [3.05, 3.63) is 36.1 Å². The van der Waals surface area contributed by atoms with E-state index in [1.54, 1.807) is 0 Å². The minimum absolute atomic E-state index is 0.178. The van der Waals surface area contributed by atoms with Gasteiger partial charge in [0.25, 0.3) is 0 Å². The molecule has 2 nitrogen and oxygen atoms in total. The van der Waals surface area contributed by atoms with E-state index in [0.29, 0.717) is 6.54 Å². The highest BCUT2D eigenvalue weighted by atomic mass is 16.3. The number of hydrogen-bond donors (Lipinski definition) is 2. The fourth-order valence-electron chi connectivity index (χ4n) is 0.740. The first kappa shape index (κ1) is 7.09. The Kier molecular flexibility index (Phi) is 2.77. The summed E-state index contributed by atoms with van der Waals surface area (Å²) < 4.78 is 0. The van der Waals surface area contributed by atoms with E-state index in [2.05, 4.69) is 5.32 Å². The van der Waals surface area contributed by atoms with Crippen LogP contribution in [0.2, 0.25) is 0 Å². The second-order valence-electron chi connectivity index (χ2n) is 2.04. The molecule has 0 radical (unpaired) electrons. The van der Waals surface area contributed by atoms with Gasteiger partial charge in [0.05, 0.1) is 6.61 Å². The molecule has 2 N–H and O–H groups in total. The van der Waals surface area contributed by atoms with Crippen LogP contribution in [0.1, 0.15) is 0 Å². The molecule has 0 aromatic carbocycles. The van der Waals surface area contributed by atoms with Crippen LogP contribution < -0.4 is 5.32 Å². The summed E-state index contributed by atoms with van der Waals surface area (Å²) in [6.07, 6.45) is 9.85. The number of aliphatic hydroxyl groups excluding tert-OH is 1. The molecule has 1 rings (SSSR count). The Morgan fingerprint density at radius 3 is 2.70 bits per heavy atom. The van der Waals surface area contributed by atoms with Crippen LogP contribution in [0.15, 0.2) is 36.1 Å². The van der Waals surface area contributed by atoms with Crippen molar-refractivity contribution >= 4 is 0 Å². The van der Waals surface area contributed by atoms with Crippen molar-refractivity contribution in [3.8, 4) is 0 Å². The van der Waals surface area contributed by atoms with E-state index in [0.717, 1.165) is 5.57 Å². The second kappa shape index (κ2) is 3.90. The highest BCUT2D eigenvalue weighted by Gasteiger charge is 1.88. The Balaban J connectivity index is 2.26. The highest BCUT2D eigenvalue weighted by molar-refractivity contribution is 5.39. The van der Waals surface area contributed by atoms with Crippen molar-refractivity contribution < 1.29 is 5.11 Å². The number of aliphatic hydroxyl groups is 1. The summed E-state index contributed by atoms with van der Waals surface area (Å²) in [6, 6.07) is 0. The summed E-state index contributed by atoms with van der Waals surface area (Å²) in [5, 5.41) is 11.4. The maximum atomic E-state index is 8.41. The SMILES string of the molecule is OCCNC=C1C=CC=C1. The van der Waals surface area contributed by atoms with Gasteiger partial charge in [-0.3, -0.25) is 0 Å². The van der Waals surface area contributed by atoms with Crippen LogP contribution in [-0.2, 0) is 0 Å². The largest absolute Gasteiger partial charge is 0.395 e. The summed E-state index contributed by atoms with van der Waals surface area (Å²) in [5.41, 5.74) is 1.15. The summed E-state index contributed by atoms with van der Waals surface area (Å²) in [4.78, 5) is 0. The zero-order chi connectivity index (χ0) is 7.23. The minimum Gasteiger partial charge on any atom is -0.395 e. The van der Waals surface area contributed by atoms with Gasteiger partial charge in [-0.05, 0) is 5.57 Å². The van der Waals surface area contributed by atoms with E-state index in [-0.39, 0.29) is 6.61 Å². The average Bonchev–Trinajstić information content (AvgIpc) is 2.41. The standard InChI is InChI=1S/C8H11NO/c10-6-5-9-7-8-3-1-2-4-8/h1-4,7,9-10H,5-6H2. The molecule has 0 heterocycles. The molecule has 0 spiro atoms. The highest BCUT2D eigenvalue weighted by Crippen LogP contribution is 2.04. The molecule has 0 saturated heterocycles. The zero-order valence-electron chi connectivity index (χ0n) is 5.75. The van der Waals surface area contributed by atoms with Gasteiger partial charge in [0.1, 0.15) is 0 Å². The third-order valence-corrected chi connectivity index (χ3v) is 1.21. The number of hydrogen-bond acceptors (Lipinski definition) is 2. The van der Waals surface area contributed by atoms with E-state index in [1.807, 2.05) is 30.5 Å². The summed E-state index contributed by atoms with van der Waals surface area (Å²) in [6.45, 7) is 0.794. The molecular formula is C8H11NO. The predicted octanol–water partition coefficient (Wildman–Crippen LogP) is 0.578. The van der Waals surface area contributed by atoms with E-state index in [1.165, 1.54) is 0 Å². The van der Waals surface area contributed by atoms with Gasteiger partial charge < -0.3 is 10.4 Å². The summed E-state index contributed by atoms with van der Waals surface area (Å²) >= 11 is 0. The molecule has 1 aliphatic carbocycles. The number of nitrogens with one attached hydrogen (secondary N) is 1. The molecule has 0 aliphatic heterocycles. The molecule has 0 bridgehead atoms. The van der Waals surface area contributed by atoms with Gasteiger partial charge in [-0.15, -0.1) is 0 Å². The monoisotopic (exact) mass is 137 g/mol. The fourth-order valence-corrected chi connectivity index (χ4v) is 0.740. The Morgan fingerprint density at radius 1 is 1.40 bits per heavy atom. The first-order chi connectivity index (χ1) is 4.93. The molecular weight excluding hydrogens is 126 g/mol. The molecule has 0 aromatic rings. The van der Waals surface area contributed by atoms with Gasteiger partial charge in [0.15, 0.2) is 0 Å². The van der Waals surface area contributed by atoms with Gasteiger partial charge in [0, 0.05) is 12.7 Å².